The van der Waals surface area contributed by atoms with Gasteiger partial charge < -0.3 is 0 Å². The number of fused-ring (bicyclic) bond motifs is 1. The molecule has 0 aliphatic rings. The maximum atomic E-state index is 13.4. The van der Waals surface area contributed by atoms with Gasteiger partial charge in [-0.2, -0.15) is 30.8 Å². The number of carbonyl (C=O) groups is 1. The van der Waals surface area contributed by atoms with Crippen molar-refractivity contribution >= 4 is 49.9 Å². The SMILES string of the molecule is O=C(Cc1ccc2cnn(S(=O)(=O)c3cccc(Cl)c3)c2c1)c1c(Cl)cccc1C(F)(F)F. The zero-order valence-electron chi connectivity index (χ0n) is 16.5. The Balaban J connectivity index is 1.75. The number of hydrogen-bond donors (Lipinski definition) is 0. The first-order valence-electron chi connectivity index (χ1n) is 9.35. The lowest BCUT2D eigenvalue weighted by molar-refractivity contribution is -0.137. The van der Waals surface area contributed by atoms with Crippen LogP contribution in [0.3, 0.4) is 0 Å². The maximum Gasteiger partial charge on any atom is 0.417 e. The third-order valence-corrected chi connectivity index (χ3v) is 7.03. The summed E-state index contributed by atoms with van der Waals surface area (Å²) in [6.07, 6.45) is -3.85. The van der Waals surface area contributed by atoms with Gasteiger partial charge in [-0.05, 0) is 42.0 Å². The number of ketones is 1. The quantitative estimate of drug-likeness (QED) is 0.306. The summed E-state index contributed by atoms with van der Waals surface area (Å²) in [5.74, 6) is -0.851. The normalized spacial score (nSPS) is 12.3. The summed E-state index contributed by atoms with van der Waals surface area (Å²) in [6.45, 7) is 0. The van der Waals surface area contributed by atoms with Crippen LogP contribution in [0.2, 0.25) is 10.0 Å². The molecule has 0 spiro atoms. The average molecular weight is 513 g/mol. The first kappa shape index (κ1) is 23.3. The Labute approximate surface area is 196 Å². The van der Waals surface area contributed by atoms with Crippen LogP contribution in [0, 0.1) is 0 Å². The summed E-state index contributed by atoms with van der Waals surface area (Å²) < 4.78 is 67.0. The van der Waals surface area contributed by atoms with Gasteiger partial charge in [-0.1, -0.05) is 47.5 Å². The average Bonchev–Trinajstić information content (AvgIpc) is 3.17. The van der Waals surface area contributed by atoms with Crippen molar-refractivity contribution in [3.8, 4) is 0 Å². The van der Waals surface area contributed by atoms with E-state index in [1.54, 1.807) is 0 Å². The van der Waals surface area contributed by atoms with Crippen LogP contribution in [-0.4, -0.2) is 23.4 Å². The van der Waals surface area contributed by atoms with E-state index in [4.69, 9.17) is 23.2 Å². The van der Waals surface area contributed by atoms with Crippen molar-refractivity contribution in [1.29, 1.82) is 0 Å². The Bertz CT molecular complexity index is 1500. The van der Waals surface area contributed by atoms with Crippen LogP contribution in [0.15, 0.2) is 71.8 Å². The van der Waals surface area contributed by atoms with Gasteiger partial charge >= 0.3 is 6.18 Å². The topological polar surface area (TPSA) is 69.0 Å². The third kappa shape index (κ3) is 4.48. The van der Waals surface area contributed by atoms with E-state index >= 15 is 0 Å². The first-order chi connectivity index (χ1) is 15.5. The molecule has 0 saturated carbocycles. The molecule has 1 aromatic heterocycles. The summed E-state index contributed by atoms with van der Waals surface area (Å²) in [4.78, 5) is 12.7. The second-order valence-corrected chi connectivity index (χ2v) is 9.71. The van der Waals surface area contributed by atoms with Crippen molar-refractivity contribution in [3.63, 3.8) is 0 Å². The van der Waals surface area contributed by atoms with Crippen LogP contribution in [0.1, 0.15) is 21.5 Å². The van der Waals surface area contributed by atoms with E-state index < -0.39 is 39.5 Å². The fourth-order valence-electron chi connectivity index (χ4n) is 3.39. The highest BCUT2D eigenvalue weighted by Gasteiger charge is 2.36. The minimum Gasteiger partial charge on any atom is -0.294 e. The molecule has 0 amide bonds. The van der Waals surface area contributed by atoms with Gasteiger partial charge in [-0.3, -0.25) is 4.79 Å². The molecular weight excluding hydrogens is 500 g/mol. The van der Waals surface area contributed by atoms with E-state index in [1.807, 2.05) is 0 Å². The highest BCUT2D eigenvalue weighted by molar-refractivity contribution is 7.90. The molecule has 5 nitrogen and oxygen atoms in total. The lowest BCUT2D eigenvalue weighted by atomic mass is 9.97. The predicted octanol–water partition coefficient (Wildman–Crippen LogP) is 6.02. The summed E-state index contributed by atoms with van der Waals surface area (Å²) >= 11 is 11.8. The molecule has 33 heavy (non-hydrogen) atoms. The van der Waals surface area contributed by atoms with E-state index in [1.165, 1.54) is 54.7 Å². The summed E-state index contributed by atoms with van der Waals surface area (Å²) in [7, 11) is -4.11. The summed E-state index contributed by atoms with van der Waals surface area (Å²) in [6, 6.07) is 13.2. The Hall–Kier alpha value is -2.88. The molecule has 0 saturated heterocycles. The second-order valence-electron chi connectivity index (χ2n) is 7.10. The van der Waals surface area contributed by atoms with E-state index in [0.29, 0.717) is 10.9 Å². The number of carbonyl (C=O) groups excluding carboxylic acids is 1. The molecule has 4 aromatic rings. The van der Waals surface area contributed by atoms with Crippen LogP contribution in [0.4, 0.5) is 13.2 Å². The monoisotopic (exact) mass is 512 g/mol. The minimum absolute atomic E-state index is 0.0904. The number of Topliss-reactive ketones (excluding diaryl/α,β-unsaturated/α-hetero) is 1. The molecule has 4 rings (SSSR count). The van der Waals surface area contributed by atoms with Crippen LogP contribution in [-0.2, 0) is 22.6 Å². The summed E-state index contributed by atoms with van der Waals surface area (Å²) in [5, 5.41) is 4.31. The number of benzene rings is 3. The molecule has 0 N–H and O–H groups in total. The number of nitrogens with zero attached hydrogens (tertiary/aromatic N) is 2. The van der Waals surface area contributed by atoms with Crippen molar-refractivity contribution in [2.24, 2.45) is 0 Å². The van der Waals surface area contributed by atoms with E-state index in [2.05, 4.69) is 5.10 Å². The number of aromatic nitrogens is 2. The predicted molar refractivity (Wildman–Crippen MR) is 118 cm³/mol. The number of rotatable bonds is 5. The van der Waals surface area contributed by atoms with Crippen LogP contribution < -0.4 is 0 Å². The highest BCUT2D eigenvalue weighted by Crippen LogP contribution is 2.35. The van der Waals surface area contributed by atoms with Gasteiger partial charge in [0.1, 0.15) is 0 Å². The van der Waals surface area contributed by atoms with Crippen molar-refractivity contribution in [3.05, 3.63) is 93.6 Å². The van der Waals surface area contributed by atoms with Crippen molar-refractivity contribution in [2.45, 2.75) is 17.5 Å². The molecule has 0 unspecified atom stereocenters. The number of alkyl halides is 3. The Morgan fingerprint density at radius 1 is 1.00 bits per heavy atom. The van der Waals surface area contributed by atoms with Crippen LogP contribution in [0.5, 0.6) is 0 Å². The fourth-order valence-corrected chi connectivity index (χ4v) is 5.24. The van der Waals surface area contributed by atoms with E-state index in [9.17, 15) is 26.4 Å². The first-order valence-corrected chi connectivity index (χ1v) is 11.5. The van der Waals surface area contributed by atoms with Gasteiger partial charge in [0.2, 0.25) is 0 Å². The minimum atomic E-state index is -4.76. The molecule has 11 heteroatoms. The van der Waals surface area contributed by atoms with Gasteiger partial charge in [-0.25, -0.2) is 0 Å². The van der Waals surface area contributed by atoms with Crippen LogP contribution in [0.25, 0.3) is 10.9 Å². The lowest BCUT2D eigenvalue weighted by Gasteiger charge is -2.13. The lowest BCUT2D eigenvalue weighted by Crippen LogP contribution is -2.16. The fraction of sp³-hybridized carbons (Fsp3) is 0.0909. The van der Waals surface area contributed by atoms with E-state index in [-0.39, 0.29) is 20.5 Å². The largest absolute Gasteiger partial charge is 0.417 e. The molecule has 0 aliphatic carbocycles. The van der Waals surface area contributed by atoms with Gasteiger partial charge in [0, 0.05) is 22.4 Å². The van der Waals surface area contributed by atoms with Crippen molar-refractivity contribution in [2.75, 3.05) is 0 Å². The van der Waals surface area contributed by atoms with Gasteiger partial charge in [0.25, 0.3) is 10.0 Å². The Morgan fingerprint density at radius 2 is 1.73 bits per heavy atom. The summed E-state index contributed by atoms with van der Waals surface area (Å²) in [5.41, 5.74) is -1.31. The molecule has 1 heterocycles. The molecule has 170 valence electrons. The molecule has 0 atom stereocenters. The number of hydrogen-bond acceptors (Lipinski definition) is 4. The van der Waals surface area contributed by atoms with E-state index in [0.717, 1.165) is 16.2 Å². The molecule has 0 fully saturated rings. The van der Waals surface area contributed by atoms with Gasteiger partial charge in [0.05, 0.1) is 27.2 Å². The molecule has 3 aromatic carbocycles. The third-order valence-electron chi connectivity index (χ3n) is 4.89. The van der Waals surface area contributed by atoms with Crippen molar-refractivity contribution < 1.29 is 26.4 Å². The highest BCUT2D eigenvalue weighted by atomic mass is 35.5. The van der Waals surface area contributed by atoms with Gasteiger partial charge in [0.15, 0.2) is 5.78 Å². The molecular formula is C22H13Cl2F3N2O3S. The second kappa shape index (κ2) is 8.48. The molecule has 0 radical (unpaired) electrons. The Kier molecular flexibility index (Phi) is 5.98. The Morgan fingerprint density at radius 3 is 2.42 bits per heavy atom. The molecule has 0 aliphatic heterocycles. The zero-order valence-corrected chi connectivity index (χ0v) is 18.8. The van der Waals surface area contributed by atoms with Gasteiger partial charge in [-0.15, -0.1) is 0 Å². The standard InChI is InChI=1S/C22H13Cl2F3N2O3S/c23-15-3-1-4-16(11-15)33(31,32)29-19-9-13(7-8-14(19)12-28-29)10-20(30)21-17(22(25,26)27)5-2-6-18(21)24/h1-9,11-12H,10H2. The van der Waals surface area contributed by atoms with Crippen molar-refractivity contribution in [1.82, 2.24) is 9.19 Å². The molecule has 0 bridgehead atoms. The van der Waals surface area contributed by atoms with Crippen LogP contribution >= 0.6 is 23.2 Å². The smallest absolute Gasteiger partial charge is 0.294 e. The number of halogens is 5. The maximum absolute atomic E-state index is 13.4. The zero-order chi connectivity index (χ0) is 24.0.